The summed E-state index contributed by atoms with van der Waals surface area (Å²) >= 11 is 0. The van der Waals surface area contributed by atoms with Crippen LogP contribution in [0, 0.1) is 0 Å². The first-order valence-electron chi connectivity index (χ1n) is 11.4. The Kier molecular flexibility index (Phi) is 14.6. The van der Waals surface area contributed by atoms with E-state index in [1.165, 1.54) is 23.1 Å². The Morgan fingerprint density at radius 3 is 1.61 bits per heavy atom. The summed E-state index contributed by atoms with van der Waals surface area (Å²) in [6, 6.07) is 0. The van der Waals surface area contributed by atoms with Gasteiger partial charge in [0, 0.05) is 6.42 Å². The number of ether oxygens (including phenoxy) is 2. The first-order chi connectivity index (χ1) is 13.1. The highest BCUT2D eigenvalue weighted by Gasteiger charge is 2.29. The Hall–Kier alpha value is -0.860. The van der Waals surface area contributed by atoms with Gasteiger partial charge >= 0.3 is 0 Å². The van der Waals surface area contributed by atoms with Crippen molar-refractivity contribution in [2.75, 3.05) is 0 Å². The van der Waals surface area contributed by atoms with Gasteiger partial charge in [-0.1, -0.05) is 48.8 Å². The molecule has 164 valence electrons. The van der Waals surface area contributed by atoms with Gasteiger partial charge in [0.25, 0.3) is 0 Å². The molecule has 2 nitrogen and oxygen atoms in total. The molecule has 0 radical (unpaired) electrons. The maximum absolute atomic E-state index is 6.24. The molecule has 2 heteroatoms. The third kappa shape index (κ3) is 14.2. The second kappa shape index (κ2) is 15.0. The molecule has 0 spiro atoms. The van der Waals surface area contributed by atoms with E-state index < -0.39 is 5.79 Å². The zero-order valence-electron chi connectivity index (χ0n) is 20.4. The topological polar surface area (TPSA) is 18.5 Å². The molecular weight excluding hydrogens is 344 g/mol. The fourth-order valence-electron chi connectivity index (χ4n) is 3.08. The van der Waals surface area contributed by atoms with E-state index >= 15 is 0 Å². The van der Waals surface area contributed by atoms with Crippen LogP contribution in [-0.4, -0.2) is 18.0 Å². The van der Waals surface area contributed by atoms with Crippen LogP contribution in [0.15, 0.2) is 34.9 Å². The zero-order chi connectivity index (χ0) is 21.6. The zero-order valence-corrected chi connectivity index (χ0v) is 20.4. The molecule has 0 heterocycles. The van der Waals surface area contributed by atoms with Crippen molar-refractivity contribution in [3.8, 4) is 0 Å². The van der Waals surface area contributed by atoms with Crippen LogP contribution in [-0.2, 0) is 9.47 Å². The van der Waals surface area contributed by atoms with Crippen molar-refractivity contribution in [1.29, 1.82) is 0 Å². The van der Waals surface area contributed by atoms with Crippen LogP contribution < -0.4 is 0 Å². The lowest BCUT2D eigenvalue weighted by molar-refractivity contribution is -0.266. The van der Waals surface area contributed by atoms with Crippen molar-refractivity contribution >= 4 is 0 Å². The highest BCUT2D eigenvalue weighted by molar-refractivity contribution is 5.05. The standard InChI is InChI=1S/C26H48O2/c1-10-24(7)27-26(9,28-25(8)11-2)20-14-19-23(6)18-13-17-22(5)16-12-15-21(3)4/h15,17,19,24-25H,10-14,16,18,20H2,1-9H3. The summed E-state index contributed by atoms with van der Waals surface area (Å²) in [7, 11) is 0. The summed E-state index contributed by atoms with van der Waals surface area (Å²) in [6.45, 7) is 19.5. The molecule has 2 atom stereocenters. The van der Waals surface area contributed by atoms with E-state index in [2.05, 4.69) is 80.5 Å². The van der Waals surface area contributed by atoms with Crippen LogP contribution in [0.3, 0.4) is 0 Å². The summed E-state index contributed by atoms with van der Waals surface area (Å²) in [5, 5.41) is 0. The lowest BCUT2D eigenvalue weighted by Crippen LogP contribution is -2.38. The molecule has 0 rings (SSSR count). The van der Waals surface area contributed by atoms with E-state index in [1.807, 2.05) is 0 Å². The van der Waals surface area contributed by atoms with Crippen LogP contribution in [0.1, 0.15) is 114 Å². The maximum Gasteiger partial charge on any atom is 0.166 e. The molecule has 28 heavy (non-hydrogen) atoms. The highest BCUT2D eigenvalue weighted by atomic mass is 16.7. The number of hydrogen-bond acceptors (Lipinski definition) is 2. The van der Waals surface area contributed by atoms with Gasteiger partial charge in [-0.3, -0.25) is 0 Å². The quantitative estimate of drug-likeness (QED) is 0.205. The van der Waals surface area contributed by atoms with Gasteiger partial charge in [-0.05, 0) is 93.4 Å². The smallest absolute Gasteiger partial charge is 0.166 e. The first-order valence-corrected chi connectivity index (χ1v) is 11.4. The fraction of sp³-hybridized carbons (Fsp3) is 0.769. The van der Waals surface area contributed by atoms with Crippen LogP contribution in [0.25, 0.3) is 0 Å². The van der Waals surface area contributed by atoms with E-state index in [0.717, 1.165) is 44.9 Å². The fourth-order valence-corrected chi connectivity index (χ4v) is 3.08. The molecule has 0 amide bonds. The molecule has 0 aliphatic heterocycles. The average molecular weight is 393 g/mol. The number of hydrogen-bond donors (Lipinski definition) is 0. The Morgan fingerprint density at radius 1 is 0.750 bits per heavy atom. The molecule has 0 aliphatic carbocycles. The summed E-state index contributed by atoms with van der Waals surface area (Å²) in [4.78, 5) is 0. The summed E-state index contributed by atoms with van der Waals surface area (Å²) < 4.78 is 12.5. The van der Waals surface area contributed by atoms with Crippen molar-refractivity contribution in [3.63, 3.8) is 0 Å². The maximum atomic E-state index is 6.24. The molecule has 0 aromatic heterocycles. The highest BCUT2D eigenvalue weighted by Crippen LogP contribution is 2.26. The van der Waals surface area contributed by atoms with Crippen LogP contribution in [0.4, 0.5) is 0 Å². The van der Waals surface area contributed by atoms with Gasteiger partial charge in [0.05, 0.1) is 12.2 Å². The molecule has 0 bridgehead atoms. The first kappa shape index (κ1) is 27.1. The van der Waals surface area contributed by atoms with Gasteiger partial charge in [0.1, 0.15) is 0 Å². The SMILES string of the molecule is CCC(C)OC(C)(CCC=C(C)CCC=C(C)CCC=C(C)C)OC(C)CC. The van der Waals surface area contributed by atoms with E-state index in [9.17, 15) is 0 Å². The number of allylic oxidation sites excluding steroid dienone is 6. The third-order valence-electron chi connectivity index (χ3n) is 5.26. The molecular formula is C26H48O2. The average Bonchev–Trinajstić information content (AvgIpc) is 2.60. The Morgan fingerprint density at radius 2 is 1.18 bits per heavy atom. The normalized spacial score (nSPS) is 17.2. The van der Waals surface area contributed by atoms with Crippen molar-refractivity contribution in [2.45, 2.75) is 132 Å². The Balaban J connectivity index is 4.50. The number of rotatable bonds is 15. The van der Waals surface area contributed by atoms with E-state index in [4.69, 9.17) is 9.47 Å². The summed E-state index contributed by atoms with van der Waals surface area (Å²) in [5.41, 5.74) is 4.37. The minimum absolute atomic E-state index is 0.221. The minimum atomic E-state index is -0.497. The molecule has 0 saturated carbocycles. The van der Waals surface area contributed by atoms with Crippen LogP contribution in [0.2, 0.25) is 0 Å². The van der Waals surface area contributed by atoms with Crippen molar-refractivity contribution < 1.29 is 9.47 Å². The monoisotopic (exact) mass is 392 g/mol. The van der Waals surface area contributed by atoms with Crippen LogP contribution in [0.5, 0.6) is 0 Å². The summed E-state index contributed by atoms with van der Waals surface area (Å²) in [6.07, 6.45) is 16.0. The van der Waals surface area contributed by atoms with E-state index in [1.54, 1.807) is 0 Å². The van der Waals surface area contributed by atoms with Crippen LogP contribution >= 0.6 is 0 Å². The van der Waals surface area contributed by atoms with E-state index in [-0.39, 0.29) is 12.2 Å². The molecule has 2 unspecified atom stereocenters. The Labute approximate surface area is 176 Å². The lowest BCUT2D eigenvalue weighted by Gasteiger charge is -2.35. The predicted molar refractivity (Wildman–Crippen MR) is 125 cm³/mol. The Bertz CT molecular complexity index is 483. The van der Waals surface area contributed by atoms with Gasteiger partial charge < -0.3 is 9.47 Å². The minimum Gasteiger partial charge on any atom is -0.347 e. The largest absolute Gasteiger partial charge is 0.347 e. The molecule has 0 saturated heterocycles. The predicted octanol–water partition coefficient (Wildman–Crippen LogP) is 8.53. The molecule has 0 aromatic rings. The van der Waals surface area contributed by atoms with Gasteiger partial charge in [-0.15, -0.1) is 0 Å². The van der Waals surface area contributed by atoms with Crippen molar-refractivity contribution in [1.82, 2.24) is 0 Å². The lowest BCUT2D eigenvalue weighted by atomic mass is 10.0. The van der Waals surface area contributed by atoms with Gasteiger partial charge in [-0.25, -0.2) is 0 Å². The second-order valence-electron chi connectivity index (χ2n) is 8.81. The molecule has 0 fully saturated rings. The molecule has 0 N–H and O–H groups in total. The molecule has 0 aromatic carbocycles. The van der Waals surface area contributed by atoms with E-state index in [0.29, 0.717) is 0 Å². The van der Waals surface area contributed by atoms with Crippen molar-refractivity contribution in [2.24, 2.45) is 0 Å². The van der Waals surface area contributed by atoms with Gasteiger partial charge in [0.15, 0.2) is 5.79 Å². The second-order valence-corrected chi connectivity index (χ2v) is 8.81. The van der Waals surface area contributed by atoms with Gasteiger partial charge in [-0.2, -0.15) is 0 Å². The van der Waals surface area contributed by atoms with Gasteiger partial charge in [0.2, 0.25) is 0 Å². The van der Waals surface area contributed by atoms with Crippen molar-refractivity contribution in [3.05, 3.63) is 34.9 Å². The third-order valence-corrected chi connectivity index (χ3v) is 5.26. The summed E-state index contributed by atoms with van der Waals surface area (Å²) in [5.74, 6) is -0.497. The molecule has 0 aliphatic rings.